The van der Waals surface area contributed by atoms with E-state index in [0.717, 1.165) is 17.8 Å². The van der Waals surface area contributed by atoms with Gasteiger partial charge in [-0.05, 0) is 5.56 Å². The fraction of sp³-hybridized carbons (Fsp3) is 0.308. The van der Waals surface area contributed by atoms with Crippen LogP contribution in [0.5, 0.6) is 0 Å². The molecule has 17 heavy (non-hydrogen) atoms. The zero-order valence-electron chi connectivity index (χ0n) is 9.97. The zero-order chi connectivity index (χ0) is 12.3. The van der Waals surface area contributed by atoms with Gasteiger partial charge in [-0.15, -0.1) is 0 Å². The molecule has 0 unspecified atom stereocenters. The van der Waals surface area contributed by atoms with Gasteiger partial charge < -0.3 is 15.5 Å². The van der Waals surface area contributed by atoms with E-state index in [1.54, 1.807) is 0 Å². The first-order valence-corrected chi connectivity index (χ1v) is 5.64. The molecule has 4 heteroatoms. The van der Waals surface area contributed by atoms with Crippen molar-refractivity contribution in [2.75, 3.05) is 20.3 Å². The number of ketones is 1. The predicted octanol–water partition coefficient (Wildman–Crippen LogP) is 1.00. The molecule has 1 heterocycles. The molecule has 0 saturated heterocycles. The van der Waals surface area contributed by atoms with E-state index in [4.69, 9.17) is 5.73 Å². The highest BCUT2D eigenvalue weighted by atomic mass is 16.1. The van der Waals surface area contributed by atoms with E-state index in [2.05, 4.69) is 0 Å². The number of hydrogen-bond acceptors (Lipinski definition) is 4. The standard InChI is InChI=1S/C13H17N3O/c1-15-6-7-16(10-15)9-13(17)12-4-2-11(8-14)3-5-12/h2-7H,8-10,14H2,1H3. The Morgan fingerprint density at radius 2 is 2.00 bits per heavy atom. The lowest BCUT2D eigenvalue weighted by atomic mass is 10.1. The minimum atomic E-state index is 0.133. The summed E-state index contributed by atoms with van der Waals surface area (Å²) in [5.41, 5.74) is 7.30. The Hall–Kier alpha value is -1.81. The van der Waals surface area contributed by atoms with E-state index < -0.39 is 0 Å². The summed E-state index contributed by atoms with van der Waals surface area (Å²) >= 11 is 0. The van der Waals surface area contributed by atoms with Crippen LogP contribution in [0.4, 0.5) is 0 Å². The highest BCUT2D eigenvalue weighted by Gasteiger charge is 2.13. The third-order valence-electron chi connectivity index (χ3n) is 2.79. The molecule has 0 bridgehead atoms. The number of hydrogen-bond donors (Lipinski definition) is 1. The van der Waals surface area contributed by atoms with Crippen molar-refractivity contribution in [1.29, 1.82) is 0 Å². The van der Waals surface area contributed by atoms with E-state index in [0.29, 0.717) is 13.1 Å². The molecule has 0 spiro atoms. The third kappa shape index (κ3) is 2.85. The van der Waals surface area contributed by atoms with E-state index in [1.165, 1.54) is 0 Å². The fourth-order valence-electron chi connectivity index (χ4n) is 1.79. The van der Waals surface area contributed by atoms with Crippen molar-refractivity contribution in [2.45, 2.75) is 6.54 Å². The summed E-state index contributed by atoms with van der Waals surface area (Å²) in [5, 5.41) is 0. The minimum absolute atomic E-state index is 0.133. The maximum atomic E-state index is 12.0. The van der Waals surface area contributed by atoms with Gasteiger partial charge in [-0.2, -0.15) is 0 Å². The first-order valence-electron chi connectivity index (χ1n) is 5.64. The predicted molar refractivity (Wildman–Crippen MR) is 67.1 cm³/mol. The summed E-state index contributed by atoms with van der Waals surface area (Å²) < 4.78 is 0. The topological polar surface area (TPSA) is 49.6 Å². The first kappa shape index (κ1) is 11.7. The van der Waals surface area contributed by atoms with Gasteiger partial charge in [0.1, 0.15) is 0 Å². The second-order valence-electron chi connectivity index (χ2n) is 4.27. The number of Topliss-reactive ketones (excluding diaryl/α,β-unsaturated/α-hetero) is 1. The molecule has 1 aromatic carbocycles. The third-order valence-corrected chi connectivity index (χ3v) is 2.79. The van der Waals surface area contributed by atoms with Gasteiger partial charge in [0, 0.05) is 31.6 Å². The quantitative estimate of drug-likeness (QED) is 0.786. The molecular weight excluding hydrogens is 214 g/mol. The van der Waals surface area contributed by atoms with Gasteiger partial charge in [-0.25, -0.2) is 0 Å². The number of benzene rings is 1. The van der Waals surface area contributed by atoms with Crippen molar-refractivity contribution in [3.8, 4) is 0 Å². The van der Waals surface area contributed by atoms with Crippen LogP contribution in [0, 0.1) is 0 Å². The van der Waals surface area contributed by atoms with Crippen molar-refractivity contribution < 1.29 is 4.79 Å². The molecule has 0 saturated carbocycles. The Bertz CT molecular complexity index is 425. The van der Waals surface area contributed by atoms with Crippen molar-refractivity contribution in [3.05, 3.63) is 47.8 Å². The smallest absolute Gasteiger partial charge is 0.182 e. The van der Waals surface area contributed by atoms with Crippen LogP contribution in [0.25, 0.3) is 0 Å². The minimum Gasteiger partial charge on any atom is -0.362 e. The Labute approximate surface area is 101 Å². The van der Waals surface area contributed by atoms with Gasteiger partial charge in [0.15, 0.2) is 5.78 Å². The molecule has 0 atom stereocenters. The molecule has 1 aliphatic rings. The molecule has 2 N–H and O–H groups in total. The number of rotatable bonds is 4. The van der Waals surface area contributed by atoms with Crippen molar-refractivity contribution in [1.82, 2.24) is 9.80 Å². The largest absolute Gasteiger partial charge is 0.362 e. The molecule has 1 aromatic rings. The van der Waals surface area contributed by atoms with Gasteiger partial charge in [0.05, 0.1) is 13.2 Å². The van der Waals surface area contributed by atoms with E-state index in [9.17, 15) is 4.79 Å². The molecule has 0 aromatic heterocycles. The molecule has 0 amide bonds. The van der Waals surface area contributed by atoms with Crippen LogP contribution in [0.3, 0.4) is 0 Å². The maximum Gasteiger partial charge on any atom is 0.182 e. The lowest BCUT2D eigenvalue weighted by Gasteiger charge is -2.17. The van der Waals surface area contributed by atoms with E-state index in [-0.39, 0.29) is 5.78 Å². The highest BCUT2D eigenvalue weighted by molar-refractivity contribution is 5.97. The van der Waals surface area contributed by atoms with Gasteiger partial charge in [0.25, 0.3) is 0 Å². The Morgan fingerprint density at radius 3 is 2.53 bits per heavy atom. The van der Waals surface area contributed by atoms with Crippen molar-refractivity contribution in [2.24, 2.45) is 5.73 Å². The van der Waals surface area contributed by atoms with E-state index in [1.807, 2.05) is 53.5 Å². The summed E-state index contributed by atoms with van der Waals surface area (Å²) in [4.78, 5) is 16.0. The second-order valence-corrected chi connectivity index (χ2v) is 4.27. The van der Waals surface area contributed by atoms with Crippen molar-refractivity contribution in [3.63, 3.8) is 0 Å². The molecule has 4 nitrogen and oxygen atoms in total. The van der Waals surface area contributed by atoms with Gasteiger partial charge >= 0.3 is 0 Å². The summed E-state index contributed by atoms with van der Waals surface area (Å²) in [6, 6.07) is 7.49. The molecule has 0 aliphatic carbocycles. The lowest BCUT2D eigenvalue weighted by Crippen LogP contribution is -2.28. The average Bonchev–Trinajstić information content (AvgIpc) is 2.75. The van der Waals surface area contributed by atoms with Gasteiger partial charge in [-0.1, -0.05) is 24.3 Å². The average molecular weight is 231 g/mol. The van der Waals surface area contributed by atoms with Crippen LogP contribution >= 0.6 is 0 Å². The maximum absolute atomic E-state index is 12.0. The van der Waals surface area contributed by atoms with Crippen LogP contribution in [0.15, 0.2) is 36.7 Å². The Morgan fingerprint density at radius 1 is 1.29 bits per heavy atom. The van der Waals surface area contributed by atoms with Crippen LogP contribution in [-0.2, 0) is 6.54 Å². The highest BCUT2D eigenvalue weighted by Crippen LogP contribution is 2.08. The Kier molecular flexibility index (Phi) is 3.44. The lowest BCUT2D eigenvalue weighted by molar-refractivity contribution is 0.0948. The second kappa shape index (κ2) is 5.01. The summed E-state index contributed by atoms with van der Waals surface area (Å²) in [5.74, 6) is 0.133. The Balaban J connectivity index is 1.97. The summed E-state index contributed by atoms with van der Waals surface area (Å²) in [7, 11) is 1.98. The molecule has 2 rings (SSSR count). The van der Waals surface area contributed by atoms with Crippen LogP contribution in [0.1, 0.15) is 15.9 Å². The molecular formula is C13H17N3O. The fourth-order valence-corrected chi connectivity index (χ4v) is 1.79. The van der Waals surface area contributed by atoms with Crippen LogP contribution < -0.4 is 5.73 Å². The van der Waals surface area contributed by atoms with Crippen LogP contribution in [0.2, 0.25) is 0 Å². The zero-order valence-corrected chi connectivity index (χ0v) is 9.97. The monoisotopic (exact) mass is 231 g/mol. The molecule has 0 radical (unpaired) electrons. The number of nitrogens with zero attached hydrogens (tertiary/aromatic N) is 2. The van der Waals surface area contributed by atoms with E-state index >= 15 is 0 Å². The first-order chi connectivity index (χ1) is 8.19. The molecule has 0 fully saturated rings. The summed E-state index contributed by atoms with van der Waals surface area (Å²) in [6.07, 6.45) is 3.90. The van der Waals surface area contributed by atoms with Gasteiger partial charge in [-0.3, -0.25) is 4.79 Å². The molecule has 1 aliphatic heterocycles. The number of carbonyl (C=O) groups is 1. The number of nitrogens with two attached hydrogens (primary N) is 1. The number of carbonyl (C=O) groups excluding carboxylic acids is 1. The summed E-state index contributed by atoms with van der Waals surface area (Å²) in [6.45, 7) is 1.70. The van der Waals surface area contributed by atoms with Crippen molar-refractivity contribution >= 4 is 5.78 Å². The SMILES string of the molecule is CN1C=CN(CC(=O)c2ccc(CN)cc2)C1. The molecule has 90 valence electrons. The van der Waals surface area contributed by atoms with Gasteiger partial charge in [0.2, 0.25) is 0 Å². The normalized spacial score (nSPS) is 14.5. The van der Waals surface area contributed by atoms with Crippen LogP contribution in [-0.4, -0.2) is 35.8 Å².